The van der Waals surface area contributed by atoms with Gasteiger partial charge in [-0.25, -0.2) is 17.2 Å². The normalized spacial score (nSPS) is 18.4. The second kappa shape index (κ2) is 5.69. The molecule has 0 unspecified atom stereocenters. The molecular weight excluding hydrogens is 304 g/mol. The first kappa shape index (κ1) is 15.8. The van der Waals surface area contributed by atoms with E-state index in [1.807, 2.05) is 0 Å². The number of hydrogen-bond acceptors (Lipinski definition) is 3. The largest absolute Gasteiger partial charge is 0.480 e. The van der Waals surface area contributed by atoms with Crippen LogP contribution in [-0.4, -0.2) is 25.0 Å². The Morgan fingerprint density at radius 1 is 1.14 bits per heavy atom. The Morgan fingerprint density at radius 2 is 1.76 bits per heavy atom. The summed E-state index contributed by atoms with van der Waals surface area (Å²) in [5.74, 6) is -3.72. The van der Waals surface area contributed by atoms with Crippen LogP contribution in [0.15, 0.2) is 23.1 Å². The topological polar surface area (TPSA) is 83.5 Å². The Labute approximate surface area is 121 Å². The third-order valence-corrected chi connectivity index (χ3v) is 5.18. The van der Waals surface area contributed by atoms with E-state index in [0.29, 0.717) is 25.0 Å². The fourth-order valence-corrected chi connectivity index (χ4v) is 3.90. The molecule has 21 heavy (non-hydrogen) atoms. The summed E-state index contributed by atoms with van der Waals surface area (Å²) >= 11 is 0. The molecule has 0 aliphatic heterocycles. The summed E-state index contributed by atoms with van der Waals surface area (Å²) in [6.07, 6.45) is 2.36. The van der Waals surface area contributed by atoms with Crippen molar-refractivity contribution in [2.45, 2.75) is 42.5 Å². The molecule has 1 aliphatic rings. The van der Waals surface area contributed by atoms with Crippen LogP contribution < -0.4 is 4.72 Å². The van der Waals surface area contributed by atoms with Crippen molar-refractivity contribution >= 4 is 16.0 Å². The van der Waals surface area contributed by atoms with E-state index in [0.717, 1.165) is 12.5 Å². The van der Waals surface area contributed by atoms with Gasteiger partial charge in [0.15, 0.2) is 11.6 Å². The molecule has 1 aromatic rings. The lowest BCUT2D eigenvalue weighted by molar-refractivity contribution is -0.145. The summed E-state index contributed by atoms with van der Waals surface area (Å²) in [5.41, 5.74) is -1.58. The third kappa shape index (κ3) is 3.21. The molecule has 0 bridgehead atoms. The maximum atomic E-state index is 13.2. The van der Waals surface area contributed by atoms with Crippen molar-refractivity contribution in [1.29, 1.82) is 0 Å². The van der Waals surface area contributed by atoms with Gasteiger partial charge in [0.25, 0.3) is 0 Å². The van der Waals surface area contributed by atoms with E-state index in [-0.39, 0.29) is 12.8 Å². The molecule has 0 amide bonds. The van der Waals surface area contributed by atoms with Gasteiger partial charge in [-0.2, -0.15) is 4.72 Å². The predicted molar refractivity (Wildman–Crippen MR) is 70.1 cm³/mol. The minimum absolute atomic E-state index is 0.172. The van der Waals surface area contributed by atoms with Crippen molar-refractivity contribution in [1.82, 2.24) is 4.72 Å². The zero-order valence-electron chi connectivity index (χ0n) is 11.1. The number of nitrogens with one attached hydrogen (secondary N) is 1. The maximum absolute atomic E-state index is 13.2. The van der Waals surface area contributed by atoms with Crippen molar-refractivity contribution in [2.75, 3.05) is 0 Å². The molecule has 0 heterocycles. The van der Waals surface area contributed by atoms with Gasteiger partial charge in [-0.1, -0.05) is 19.3 Å². The molecule has 2 N–H and O–H groups in total. The number of benzene rings is 1. The highest BCUT2D eigenvalue weighted by molar-refractivity contribution is 7.89. The number of hydrogen-bond donors (Lipinski definition) is 2. The molecule has 0 aromatic heterocycles. The summed E-state index contributed by atoms with van der Waals surface area (Å²) in [7, 11) is -4.24. The van der Waals surface area contributed by atoms with Crippen molar-refractivity contribution in [3.8, 4) is 0 Å². The van der Waals surface area contributed by atoms with E-state index in [2.05, 4.69) is 4.72 Å². The second-order valence-electron chi connectivity index (χ2n) is 5.13. The van der Waals surface area contributed by atoms with Gasteiger partial charge in [-0.05, 0) is 31.0 Å². The number of sulfonamides is 1. The predicted octanol–water partition coefficient (Wildman–Crippen LogP) is 2.03. The molecule has 0 atom stereocenters. The SMILES string of the molecule is O=C(O)C1(NS(=O)(=O)c2ccc(F)c(F)c2)CCCCC1. The van der Waals surface area contributed by atoms with E-state index in [1.54, 1.807) is 0 Å². The van der Waals surface area contributed by atoms with E-state index in [4.69, 9.17) is 0 Å². The van der Waals surface area contributed by atoms with Crippen molar-refractivity contribution in [3.63, 3.8) is 0 Å². The van der Waals surface area contributed by atoms with Crippen molar-refractivity contribution in [2.24, 2.45) is 0 Å². The summed E-state index contributed by atoms with van der Waals surface area (Å²) < 4.78 is 52.6. The standard InChI is InChI=1S/C13H15F2NO4S/c14-10-5-4-9(8-11(10)15)21(19,20)16-13(12(17)18)6-2-1-3-7-13/h4-5,8,16H,1-3,6-7H2,(H,17,18). The van der Waals surface area contributed by atoms with E-state index in [1.165, 1.54) is 0 Å². The number of aliphatic carboxylic acids is 1. The van der Waals surface area contributed by atoms with E-state index < -0.39 is 38.1 Å². The molecule has 5 nitrogen and oxygen atoms in total. The first-order valence-electron chi connectivity index (χ1n) is 6.49. The fraction of sp³-hybridized carbons (Fsp3) is 0.462. The Kier molecular flexibility index (Phi) is 4.29. The second-order valence-corrected chi connectivity index (χ2v) is 6.81. The minimum Gasteiger partial charge on any atom is -0.480 e. The molecule has 0 spiro atoms. The van der Waals surface area contributed by atoms with Crippen molar-refractivity contribution in [3.05, 3.63) is 29.8 Å². The van der Waals surface area contributed by atoms with Gasteiger partial charge in [0.1, 0.15) is 5.54 Å². The molecule has 0 saturated heterocycles. The van der Waals surface area contributed by atoms with Gasteiger partial charge >= 0.3 is 5.97 Å². The van der Waals surface area contributed by atoms with Crippen LogP contribution in [0.1, 0.15) is 32.1 Å². The molecule has 1 aliphatic carbocycles. The average molecular weight is 319 g/mol. The van der Waals surface area contributed by atoms with Crippen LogP contribution in [-0.2, 0) is 14.8 Å². The van der Waals surface area contributed by atoms with E-state index >= 15 is 0 Å². The lowest BCUT2D eigenvalue weighted by atomic mass is 9.83. The molecule has 116 valence electrons. The van der Waals surface area contributed by atoms with Gasteiger partial charge in [-0.3, -0.25) is 4.79 Å². The lowest BCUT2D eigenvalue weighted by Gasteiger charge is -2.33. The monoisotopic (exact) mass is 319 g/mol. The van der Waals surface area contributed by atoms with Gasteiger partial charge < -0.3 is 5.11 Å². The number of carboxylic acid groups (broad SMARTS) is 1. The molecule has 1 saturated carbocycles. The van der Waals surface area contributed by atoms with Crippen LogP contribution >= 0.6 is 0 Å². The Bertz CT molecular complexity index is 654. The fourth-order valence-electron chi connectivity index (χ4n) is 2.48. The Balaban J connectivity index is 2.34. The van der Waals surface area contributed by atoms with Crippen LogP contribution in [0.3, 0.4) is 0 Å². The molecule has 8 heteroatoms. The quantitative estimate of drug-likeness (QED) is 0.889. The summed E-state index contributed by atoms with van der Waals surface area (Å²) in [4.78, 5) is 11.0. The molecule has 1 fully saturated rings. The molecule has 0 radical (unpaired) electrons. The zero-order chi connectivity index (χ0) is 15.7. The summed E-state index contributed by atoms with van der Waals surface area (Å²) in [5, 5.41) is 9.34. The minimum atomic E-state index is -4.24. The molecule has 2 rings (SSSR count). The zero-order valence-corrected chi connectivity index (χ0v) is 11.9. The van der Waals surface area contributed by atoms with Crippen LogP contribution in [0, 0.1) is 11.6 Å². The number of halogens is 2. The Morgan fingerprint density at radius 3 is 2.29 bits per heavy atom. The van der Waals surface area contributed by atoms with Gasteiger partial charge in [0.05, 0.1) is 4.90 Å². The summed E-state index contributed by atoms with van der Waals surface area (Å²) in [6.45, 7) is 0. The van der Waals surface area contributed by atoms with Crippen molar-refractivity contribution < 1.29 is 27.1 Å². The highest BCUT2D eigenvalue weighted by Gasteiger charge is 2.43. The van der Waals surface area contributed by atoms with Gasteiger partial charge in [0, 0.05) is 0 Å². The highest BCUT2D eigenvalue weighted by atomic mass is 32.2. The number of carbonyl (C=O) groups is 1. The maximum Gasteiger partial charge on any atom is 0.324 e. The van der Waals surface area contributed by atoms with Gasteiger partial charge in [0.2, 0.25) is 10.0 Å². The van der Waals surface area contributed by atoms with Crippen LogP contribution in [0.5, 0.6) is 0 Å². The van der Waals surface area contributed by atoms with Crippen LogP contribution in [0.2, 0.25) is 0 Å². The number of rotatable bonds is 4. The molecular formula is C13H15F2NO4S. The van der Waals surface area contributed by atoms with Crippen LogP contribution in [0.25, 0.3) is 0 Å². The molecule has 1 aromatic carbocycles. The first-order chi connectivity index (χ1) is 9.77. The highest BCUT2D eigenvalue weighted by Crippen LogP contribution is 2.30. The third-order valence-electron chi connectivity index (χ3n) is 3.65. The van der Waals surface area contributed by atoms with Gasteiger partial charge in [-0.15, -0.1) is 0 Å². The summed E-state index contributed by atoms with van der Waals surface area (Å²) in [6, 6.07) is 2.13. The average Bonchev–Trinajstić information content (AvgIpc) is 2.42. The number of carboxylic acids is 1. The lowest BCUT2D eigenvalue weighted by Crippen LogP contribution is -2.55. The smallest absolute Gasteiger partial charge is 0.324 e. The van der Waals surface area contributed by atoms with E-state index in [9.17, 15) is 27.1 Å². The van der Waals surface area contributed by atoms with Crippen LogP contribution in [0.4, 0.5) is 8.78 Å². The first-order valence-corrected chi connectivity index (χ1v) is 7.98. The Hall–Kier alpha value is -1.54.